The zero-order valence-electron chi connectivity index (χ0n) is 11.2. The molecule has 0 spiro atoms. The van der Waals surface area contributed by atoms with Crippen molar-refractivity contribution >= 4 is 11.8 Å². The van der Waals surface area contributed by atoms with E-state index in [2.05, 4.69) is 4.98 Å². The maximum absolute atomic E-state index is 13.4. The SMILES string of the molecule is CSc1nc2c(c(C(F)(F)F)c1C#N)CCCCCC2. The number of halogens is 3. The molecule has 0 radical (unpaired) electrons. The van der Waals surface area contributed by atoms with Crippen molar-refractivity contribution in [1.29, 1.82) is 5.26 Å². The van der Waals surface area contributed by atoms with Gasteiger partial charge in [0.25, 0.3) is 0 Å². The van der Waals surface area contributed by atoms with Gasteiger partial charge in [0.05, 0.1) is 11.1 Å². The predicted octanol–water partition coefficient (Wildman–Crippen LogP) is 4.35. The first-order valence-corrected chi connectivity index (χ1v) is 7.78. The largest absolute Gasteiger partial charge is 0.418 e. The maximum Gasteiger partial charge on any atom is 0.418 e. The Balaban J connectivity index is 2.72. The minimum absolute atomic E-state index is 0.194. The van der Waals surface area contributed by atoms with Crippen LogP contribution < -0.4 is 0 Å². The highest BCUT2D eigenvalue weighted by Crippen LogP contribution is 2.40. The molecule has 0 bridgehead atoms. The lowest BCUT2D eigenvalue weighted by atomic mass is 9.91. The van der Waals surface area contributed by atoms with Crippen LogP contribution in [-0.4, -0.2) is 11.2 Å². The normalized spacial score (nSPS) is 15.9. The summed E-state index contributed by atoms with van der Waals surface area (Å²) in [6.07, 6.45) is 1.62. The third-order valence-electron chi connectivity index (χ3n) is 3.53. The first kappa shape index (κ1) is 15.2. The van der Waals surface area contributed by atoms with E-state index in [1.165, 1.54) is 0 Å². The highest BCUT2D eigenvalue weighted by atomic mass is 32.2. The van der Waals surface area contributed by atoms with Crippen LogP contribution in [0.15, 0.2) is 5.03 Å². The molecular formula is C14H15F3N2S. The molecule has 1 heterocycles. The van der Waals surface area contributed by atoms with Gasteiger partial charge in [-0.15, -0.1) is 11.8 Å². The van der Waals surface area contributed by atoms with E-state index in [9.17, 15) is 13.2 Å². The number of thioether (sulfide) groups is 1. The Morgan fingerprint density at radius 1 is 1.15 bits per heavy atom. The molecule has 0 N–H and O–H groups in total. The second-order valence-corrected chi connectivity index (χ2v) is 5.62. The molecule has 2 nitrogen and oxygen atoms in total. The molecule has 0 fully saturated rings. The number of fused-ring (bicyclic) bond motifs is 1. The van der Waals surface area contributed by atoms with Gasteiger partial charge in [-0.3, -0.25) is 0 Å². The Morgan fingerprint density at radius 3 is 2.35 bits per heavy atom. The van der Waals surface area contributed by atoms with Gasteiger partial charge in [-0.05, 0) is 37.5 Å². The van der Waals surface area contributed by atoms with Gasteiger partial charge in [0.2, 0.25) is 0 Å². The van der Waals surface area contributed by atoms with E-state index in [1.54, 1.807) is 12.3 Å². The molecule has 0 saturated carbocycles. The van der Waals surface area contributed by atoms with Crippen molar-refractivity contribution in [1.82, 2.24) is 4.98 Å². The van der Waals surface area contributed by atoms with Gasteiger partial charge < -0.3 is 0 Å². The van der Waals surface area contributed by atoms with E-state index in [0.29, 0.717) is 18.5 Å². The number of aromatic nitrogens is 1. The number of pyridine rings is 1. The van der Waals surface area contributed by atoms with Crippen molar-refractivity contribution in [2.45, 2.75) is 49.7 Å². The number of hydrogen-bond acceptors (Lipinski definition) is 3. The van der Waals surface area contributed by atoms with Crippen LogP contribution in [0.25, 0.3) is 0 Å². The molecule has 0 aromatic carbocycles. The van der Waals surface area contributed by atoms with E-state index in [4.69, 9.17) is 5.26 Å². The van der Waals surface area contributed by atoms with Crippen LogP contribution in [0, 0.1) is 11.3 Å². The monoisotopic (exact) mass is 300 g/mol. The van der Waals surface area contributed by atoms with Crippen LogP contribution in [0.2, 0.25) is 0 Å². The van der Waals surface area contributed by atoms with Crippen LogP contribution in [0.4, 0.5) is 13.2 Å². The highest BCUT2D eigenvalue weighted by molar-refractivity contribution is 7.98. The summed E-state index contributed by atoms with van der Waals surface area (Å²) in [6.45, 7) is 0. The zero-order chi connectivity index (χ0) is 14.8. The smallest absolute Gasteiger partial charge is 0.245 e. The van der Waals surface area contributed by atoms with E-state index < -0.39 is 11.7 Å². The number of rotatable bonds is 1. The first-order chi connectivity index (χ1) is 9.49. The number of nitrogens with zero attached hydrogens (tertiary/aromatic N) is 2. The number of nitriles is 1. The lowest BCUT2D eigenvalue weighted by Gasteiger charge is -2.21. The Kier molecular flexibility index (Phi) is 4.59. The quantitative estimate of drug-likeness (QED) is 0.723. The number of hydrogen-bond donors (Lipinski definition) is 0. The lowest BCUT2D eigenvalue weighted by Crippen LogP contribution is -2.18. The van der Waals surface area contributed by atoms with Crippen LogP contribution in [0.5, 0.6) is 0 Å². The summed E-state index contributed by atoms with van der Waals surface area (Å²) in [6, 6.07) is 1.70. The van der Waals surface area contributed by atoms with Gasteiger partial charge >= 0.3 is 6.18 Å². The second kappa shape index (κ2) is 6.04. The predicted molar refractivity (Wildman–Crippen MR) is 71.6 cm³/mol. The third-order valence-corrected chi connectivity index (χ3v) is 4.21. The molecule has 1 aliphatic rings. The van der Waals surface area contributed by atoms with E-state index >= 15 is 0 Å². The fraction of sp³-hybridized carbons (Fsp3) is 0.571. The fourth-order valence-corrected chi connectivity index (χ4v) is 3.19. The Morgan fingerprint density at radius 2 is 1.80 bits per heavy atom. The maximum atomic E-state index is 13.4. The molecule has 0 saturated heterocycles. The zero-order valence-corrected chi connectivity index (χ0v) is 12.0. The van der Waals surface area contributed by atoms with Crippen LogP contribution in [-0.2, 0) is 19.0 Å². The van der Waals surface area contributed by atoms with Crippen molar-refractivity contribution in [3.63, 3.8) is 0 Å². The molecule has 0 amide bonds. The van der Waals surface area contributed by atoms with Gasteiger partial charge in [-0.25, -0.2) is 4.98 Å². The minimum Gasteiger partial charge on any atom is -0.245 e. The fourth-order valence-electron chi connectivity index (χ4n) is 2.64. The van der Waals surface area contributed by atoms with E-state index in [1.807, 2.05) is 0 Å². The minimum atomic E-state index is -4.50. The number of aryl methyl sites for hydroxylation is 1. The summed E-state index contributed by atoms with van der Waals surface area (Å²) < 4.78 is 40.2. The molecule has 1 aromatic heterocycles. The first-order valence-electron chi connectivity index (χ1n) is 6.56. The third kappa shape index (κ3) is 2.93. The summed E-state index contributed by atoms with van der Waals surface area (Å²) in [5, 5.41) is 9.31. The van der Waals surface area contributed by atoms with Crippen LogP contribution >= 0.6 is 11.8 Å². The van der Waals surface area contributed by atoms with Gasteiger partial charge in [0.15, 0.2) is 0 Å². The van der Waals surface area contributed by atoms with Gasteiger partial charge in [-0.1, -0.05) is 12.8 Å². The van der Waals surface area contributed by atoms with E-state index in [-0.39, 0.29) is 16.2 Å². The topological polar surface area (TPSA) is 36.7 Å². The van der Waals surface area contributed by atoms with Crippen LogP contribution in [0.1, 0.15) is 48.1 Å². The van der Waals surface area contributed by atoms with E-state index in [0.717, 1.165) is 37.4 Å². The van der Waals surface area contributed by atoms with Crippen molar-refractivity contribution in [2.75, 3.05) is 6.26 Å². The van der Waals surface area contributed by atoms with Crippen molar-refractivity contribution < 1.29 is 13.2 Å². The standard InChI is InChI=1S/C14H15F3N2S/c1-20-13-10(8-18)12(14(15,16)17)9-6-4-2-3-5-7-11(9)19-13/h2-7H2,1H3. The van der Waals surface area contributed by atoms with Crippen molar-refractivity contribution in [2.24, 2.45) is 0 Å². The molecule has 1 aliphatic carbocycles. The van der Waals surface area contributed by atoms with Gasteiger partial charge in [0, 0.05) is 5.69 Å². The second-order valence-electron chi connectivity index (χ2n) is 4.82. The summed E-state index contributed by atoms with van der Waals surface area (Å²) in [4.78, 5) is 4.32. The molecule has 2 rings (SSSR count). The Hall–Kier alpha value is -1.22. The molecular weight excluding hydrogens is 285 g/mol. The van der Waals surface area contributed by atoms with Crippen molar-refractivity contribution in [3.8, 4) is 6.07 Å². The lowest BCUT2D eigenvalue weighted by molar-refractivity contribution is -0.138. The van der Waals surface area contributed by atoms with Gasteiger partial charge in [0.1, 0.15) is 11.1 Å². The molecule has 20 heavy (non-hydrogen) atoms. The van der Waals surface area contributed by atoms with Crippen LogP contribution in [0.3, 0.4) is 0 Å². The molecule has 0 unspecified atom stereocenters. The molecule has 0 aliphatic heterocycles. The Labute approximate surface area is 120 Å². The summed E-state index contributed by atoms with van der Waals surface area (Å²) >= 11 is 1.10. The number of alkyl halides is 3. The summed E-state index contributed by atoms with van der Waals surface area (Å²) in [5.41, 5.74) is -0.299. The molecule has 1 aromatic rings. The Bertz CT molecular complexity index is 547. The average molecular weight is 300 g/mol. The molecule has 0 atom stereocenters. The summed E-state index contributed by atoms with van der Waals surface area (Å²) in [5.74, 6) is 0. The highest BCUT2D eigenvalue weighted by Gasteiger charge is 2.39. The average Bonchev–Trinajstić information content (AvgIpc) is 2.36. The van der Waals surface area contributed by atoms with Gasteiger partial charge in [-0.2, -0.15) is 18.4 Å². The van der Waals surface area contributed by atoms with Crippen molar-refractivity contribution in [3.05, 3.63) is 22.4 Å². The summed E-state index contributed by atoms with van der Waals surface area (Å²) in [7, 11) is 0. The molecule has 108 valence electrons. The molecule has 6 heteroatoms.